The first-order valence-electron chi connectivity index (χ1n) is 8.90. The van der Waals surface area contributed by atoms with Crippen LogP contribution in [0.3, 0.4) is 0 Å². The molecule has 2 aliphatic rings. The first-order chi connectivity index (χ1) is 11.6. The summed E-state index contributed by atoms with van der Waals surface area (Å²) in [5.74, 6) is 1.53. The summed E-state index contributed by atoms with van der Waals surface area (Å²) in [6.45, 7) is 3.10. The van der Waals surface area contributed by atoms with Crippen LogP contribution in [-0.2, 0) is 5.60 Å². The second kappa shape index (κ2) is 6.51. The van der Waals surface area contributed by atoms with Crippen molar-refractivity contribution >= 4 is 11.6 Å². The average molecular weight is 342 g/mol. The summed E-state index contributed by atoms with van der Waals surface area (Å²) in [5, 5.41) is 11.7. The Morgan fingerprint density at radius 2 is 1.67 bits per heavy atom. The molecule has 4 rings (SSSR count). The van der Waals surface area contributed by atoms with Crippen LogP contribution in [-0.4, -0.2) is 29.6 Å². The Hall–Kier alpha value is -1.35. The Balaban J connectivity index is 1.31. The lowest BCUT2D eigenvalue weighted by atomic mass is 9.84. The molecule has 2 aromatic carbocycles. The van der Waals surface area contributed by atoms with Gasteiger partial charge in [0.1, 0.15) is 0 Å². The molecule has 0 aromatic heterocycles. The van der Waals surface area contributed by atoms with Crippen molar-refractivity contribution in [2.24, 2.45) is 5.92 Å². The van der Waals surface area contributed by atoms with E-state index in [-0.39, 0.29) is 0 Å². The van der Waals surface area contributed by atoms with E-state index in [2.05, 4.69) is 35.2 Å². The summed E-state index contributed by atoms with van der Waals surface area (Å²) in [6.07, 6.45) is 2.91. The fourth-order valence-electron chi connectivity index (χ4n) is 4.04. The molecule has 1 heterocycles. The van der Waals surface area contributed by atoms with Crippen molar-refractivity contribution in [1.29, 1.82) is 0 Å². The van der Waals surface area contributed by atoms with E-state index in [1.54, 1.807) is 0 Å². The highest BCUT2D eigenvalue weighted by molar-refractivity contribution is 6.30. The Morgan fingerprint density at radius 3 is 2.33 bits per heavy atom. The highest BCUT2D eigenvalue weighted by Gasteiger charge is 2.41. The minimum absolute atomic E-state index is 0.691. The van der Waals surface area contributed by atoms with E-state index in [4.69, 9.17) is 11.6 Å². The highest BCUT2D eigenvalue weighted by Crippen LogP contribution is 2.48. The number of halogens is 1. The molecule has 1 saturated carbocycles. The molecule has 24 heavy (non-hydrogen) atoms. The molecule has 2 nitrogen and oxygen atoms in total. The van der Waals surface area contributed by atoms with Gasteiger partial charge >= 0.3 is 0 Å². The van der Waals surface area contributed by atoms with E-state index in [0.717, 1.165) is 54.9 Å². The van der Waals surface area contributed by atoms with E-state index in [1.807, 2.05) is 24.3 Å². The van der Waals surface area contributed by atoms with Crippen LogP contribution in [0.25, 0.3) is 0 Å². The van der Waals surface area contributed by atoms with E-state index in [0.29, 0.717) is 0 Å². The number of aliphatic hydroxyl groups is 1. The Labute approximate surface area is 149 Å². The smallest absolute Gasteiger partial charge is 0.0920 e. The Kier molecular flexibility index (Phi) is 4.38. The van der Waals surface area contributed by atoms with Gasteiger partial charge in [-0.25, -0.2) is 0 Å². The van der Waals surface area contributed by atoms with E-state index in [9.17, 15) is 5.11 Å². The van der Waals surface area contributed by atoms with Gasteiger partial charge in [-0.2, -0.15) is 0 Å². The zero-order chi connectivity index (χ0) is 16.6. The van der Waals surface area contributed by atoms with Crippen LogP contribution in [0.5, 0.6) is 0 Å². The van der Waals surface area contributed by atoms with Gasteiger partial charge in [-0.3, -0.25) is 0 Å². The molecule has 1 N–H and O–H groups in total. The predicted octanol–water partition coefficient (Wildman–Crippen LogP) is 4.43. The fourth-order valence-corrected chi connectivity index (χ4v) is 4.17. The van der Waals surface area contributed by atoms with Crippen LogP contribution in [0.4, 0.5) is 0 Å². The minimum atomic E-state index is -0.691. The lowest BCUT2D eigenvalue weighted by Gasteiger charge is -2.38. The summed E-state index contributed by atoms with van der Waals surface area (Å²) < 4.78 is 0. The zero-order valence-electron chi connectivity index (χ0n) is 13.9. The van der Waals surface area contributed by atoms with Crippen LogP contribution in [0.2, 0.25) is 5.02 Å². The minimum Gasteiger partial charge on any atom is -0.385 e. The third kappa shape index (κ3) is 3.37. The molecule has 1 saturated heterocycles. The summed E-state index contributed by atoms with van der Waals surface area (Å²) in [6, 6.07) is 18.5. The van der Waals surface area contributed by atoms with E-state index < -0.39 is 5.60 Å². The van der Waals surface area contributed by atoms with Gasteiger partial charge in [0, 0.05) is 24.7 Å². The molecule has 2 fully saturated rings. The second-order valence-electron chi connectivity index (χ2n) is 7.35. The number of hydrogen-bond acceptors (Lipinski definition) is 2. The second-order valence-corrected chi connectivity index (χ2v) is 7.79. The number of benzene rings is 2. The van der Waals surface area contributed by atoms with Gasteiger partial charge < -0.3 is 10.0 Å². The number of piperidine rings is 1. The highest BCUT2D eigenvalue weighted by atomic mass is 35.5. The monoisotopic (exact) mass is 341 g/mol. The summed E-state index contributed by atoms with van der Waals surface area (Å²) in [4.78, 5) is 2.53. The molecule has 0 radical (unpaired) electrons. The lowest BCUT2D eigenvalue weighted by molar-refractivity contribution is -0.0268. The largest absolute Gasteiger partial charge is 0.385 e. The summed E-state index contributed by atoms with van der Waals surface area (Å²) in [7, 11) is 0. The number of rotatable bonds is 4. The number of nitrogens with zero attached hydrogens (tertiary/aromatic N) is 1. The number of hydrogen-bond donors (Lipinski definition) is 1. The zero-order valence-corrected chi connectivity index (χ0v) is 14.6. The van der Waals surface area contributed by atoms with Crippen molar-refractivity contribution < 1.29 is 5.11 Å². The molecule has 0 bridgehead atoms. The van der Waals surface area contributed by atoms with Crippen LogP contribution < -0.4 is 0 Å². The molecular formula is C21H24ClNO. The predicted molar refractivity (Wildman–Crippen MR) is 98.3 cm³/mol. The van der Waals surface area contributed by atoms with Gasteiger partial charge in [0.15, 0.2) is 0 Å². The van der Waals surface area contributed by atoms with Crippen LogP contribution >= 0.6 is 11.6 Å². The van der Waals surface area contributed by atoms with E-state index in [1.165, 1.54) is 12.0 Å². The maximum absolute atomic E-state index is 11.0. The maximum atomic E-state index is 11.0. The van der Waals surface area contributed by atoms with Crippen LogP contribution in [0, 0.1) is 5.92 Å². The molecule has 1 aliphatic heterocycles. The summed E-state index contributed by atoms with van der Waals surface area (Å²) in [5.41, 5.74) is 1.79. The SMILES string of the molecule is OC1(c2ccc(Cl)cc2)CCN(CC2CC2c2ccccc2)CC1. The van der Waals surface area contributed by atoms with Crippen LogP contribution in [0.1, 0.15) is 36.3 Å². The van der Waals surface area contributed by atoms with Crippen molar-refractivity contribution in [1.82, 2.24) is 4.90 Å². The molecule has 2 unspecified atom stereocenters. The molecule has 1 aliphatic carbocycles. The Bertz CT molecular complexity index is 677. The third-order valence-corrected chi connectivity index (χ3v) is 5.96. The van der Waals surface area contributed by atoms with Gasteiger partial charge in [-0.05, 0) is 54.4 Å². The van der Waals surface area contributed by atoms with Crippen molar-refractivity contribution in [3.8, 4) is 0 Å². The molecular weight excluding hydrogens is 318 g/mol. The summed E-state index contributed by atoms with van der Waals surface area (Å²) >= 11 is 5.96. The first-order valence-corrected chi connectivity index (χ1v) is 9.28. The van der Waals surface area contributed by atoms with Gasteiger partial charge in [0.05, 0.1) is 5.60 Å². The van der Waals surface area contributed by atoms with Gasteiger partial charge in [-0.15, -0.1) is 0 Å². The van der Waals surface area contributed by atoms with Crippen molar-refractivity contribution in [2.75, 3.05) is 19.6 Å². The molecule has 2 atom stereocenters. The lowest BCUT2D eigenvalue weighted by Crippen LogP contribution is -2.43. The normalized spacial score (nSPS) is 26.2. The molecule has 0 spiro atoms. The quantitative estimate of drug-likeness (QED) is 0.889. The Morgan fingerprint density at radius 1 is 1.00 bits per heavy atom. The topological polar surface area (TPSA) is 23.5 Å². The number of likely N-dealkylation sites (tertiary alicyclic amines) is 1. The molecule has 3 heteroatoms. The molecule has 2 aromatic rings. The van der Waals surface area contributed by atoms with Crippen LogP contribution in [0.15, 0.2) is 54.6 Å². The van der Waals surface area contributed by atoms with Gasteiger partial charge in [-0.1, -0.05) is 54.1 Å². The van der Waals surface area contributed by atoms with Crippen molar-refractivity contribution in [2.45, 2.75) is 30.8 Å². The standard InChI is InChI=1S/C21H24ClNO/c22-19-8-6-18(7-9-19)21(24)10-12-23(13-11-21)15-17-14-20(17)16-4-2-1-3-5-16/h1-9,17,20,24H,10-15H2. The van der Waals surface area contributed by atoms with E-state index >= 15 is 0 Å². The maximum Gasteiger partial charge on any atom is 0.0920 e. The third-order valence-electron chi connectivity index (χ3n) is 5.71. The molecule has 0 amide bonds. The average Bonchev–Trinajstić information content (AvgIpc) is 3.38. The first kappa shape index (κ1) is 16.1. The fraction of sp³-hybridized carbons (Fsp3) is 0.429. The molecule has 126 valence electrons. The van der Waals surface area contributed by atoms with Gasteiger partial charge in [0.2, 0.25) is 0 Å². The van der Waals surface area contributed by atoms with Crippen molar-refractivity contribution in [3.05, 3.63) is 70.7 Å². The van der Waals surface area contributed by atoms with Gasteiger partial charge in [0.25, 0.3) is 0 Å². The van der Waals surface area contributed by atoms with Crippen molar-refractivity contribution in [3.63, 3.8) is 0 Å².